The van der Waals surface area contributed by atoms with Crippen LogP contribution in [0, 0.1) is 12.7 Å². The number of ketones is 1. The van der Waals surface area contributed by atoms with Gasteiger partial charge in [-0.1, -0.05) is 12.1 Å². The third-order valence-corrected chi connectivity index (χ3v) is 4.99. The number of ether oxygens (including phenoxy) is 1. The molecule has 0 amide bonds. The molecule has 0 saturated heterocycles. The molecule has 3 rings (SSSR count). The van der Waals surface area contributed by atoms with Crippen molar-refractivity contribution in [1.29, 1.82) is 0 Å². The third-order valence-electron chi connectivity index (χ3n) is 4.99. The van der Waals surface area contributed by atoms with E-state index in [4.69, 9.17) is 4.74 Å². The number of likely N-dealkylation sites (N-methyl/N-ethyl adjacent to an activating group) is 1. The Kier molecular flexibility index (Phi) is 5.90. The number of fused-ring (bicyclic) bond motifs is 1. The first-order chi connectivity index (χ1) is 13.3. The van der Waals surface area contributed by atoms with Crippen molar-refractivity contribution in [3.63, 3.8) is 0 Å². The van der Waals surface area contributed by atoms with Crippen LogP contribution in [0.4, 0.5) is 4.39 Å². The number of carbonyl (C=O) groups is 1. The van der Waals surface area contributed by atoms with Gasteiger partial charge in [0, 0.05) is 6.42 Å². The normalized spacial score (nSPS) is 19.1. The topological polar surface area (TPSA) is 93.4 Å². The van der Waals surface area contributed by atoms with E-state index in [9.17, 15) is 19.1 Å². The van der Waals surface area contributed by atoms with Gasteiger partial charge in [0.2, 0.25) is 5.75 Å². The molecule has 28 heavy (non-hydrogen) atoms. The van der Waals surface area contributed by atoms with Crippen LogP contribution in [0.1, 0.15) is 52.9 Å². The first kappa shape index (κ1) is 20.2. The van der Waals surface area contributed by atoms with E-state index >= 15 is 0 Å². The summed E-state index contributed by atoms with van der Waals surface area (Å²) in [6.07, 6.45) is 0.402. The second-order valence-electron chi connectivity index (χ2n) is 7.08. The van der Waals surface area contributed by atoms with Crippen molar-refractivity contribution in [1.82, 2.24) is 14.9 Å². The Morgan fingerprint density at radius 2 is 2.18 bits per heavy atom. The van der Waals surface area contributed by atoms with Crippen LogP contribution in [0.5, 0.6) is 5.75 Å². The molecule has 1 aliphatic heterocycles. The minimum atomic E-state index is -0.649. The van der Waals surface area contributed by atoms with E-state index in [-0.39, 0.29) is 30.0 Å². The van der Waals surface area contributed by atoms with Crippen molar-refractivity contribution in [3.05, 3.63) is 57.0 Å². The number of nitrogens with one attached hydrogen (secondary N) is 1. The summed E-state index contributed by atoms with van der Waals surface area (Å²) in [6.45, 7) is 4.06. The van der Waals surface area contributed by atoms with Gasteiger partial charge in [-0.3, -0.25) is 14.2 Å². The summed E-state index contributed by atoms with van der Waals surface area (Å²) in [5.41, 5.74) is 0.419. The molecule has 2 aromatic rings. The van der Waals surface area contributed by atoms with Gasteiger partial charge in [0.15, 0.2) is 11.5 Å². The number of carbonyl (C=O) groups excluding carboxylic acids is 1. The molecule has 0 saturated carbocycles. The van der Waals surface area contributed by atoms with E-state index < -0.39 is 17.1 Å². The zero-order chi connectivity index (χ0) is 20.4. The van der Waals surface area contributed by atoms with Gasteiger partial charge >= 0.3 is 0 Å². The number of benzene rings is 1. The maximum Gasteiger partial charge on any atom is 0.296 e. The summed E-state index contributed by atoms with van der Waals surface area (Å²) in [6, 6.07) is 3.97. The first-order valence-corrected chi connectivity index (χ1v) is 9.22. The van der Waals surface area contributed by atoms with E-state index in [1.54, 1.807) is 33.0 Å². The van der Waals surface area contributed by atoms with Gasteiger partial charge in [-0.25, -0.2) is 9.37 Å². The summed E-state index contributed by atoms with van der Waals surface area (Å²) in [5.74, 6) is -1.01. The molecule has 2 atom stereocenters. The molecule has 1 aliphatic rings. The lowest BCUT2D eigenvalue weighted by atomic mass is 10.0. The van der Waals surface area contributed by atoms with E-state index in [1.165, 1.54) is 10.6 Å². The van der Waals surface area contributed by atoms with Gasteiger partial charge in [-0.15, -0.1) is 0 Å². The highest BCUT2D eigenvalue weighted by Gasteiger charge is 2.29. The lowest BCUT2D eigenvalue weighted by Gasteiger charge is -2.19. The van der Waals surface area contributed by atoms with Crippen LogP contribution in [0.25, 0.3) is 0 Å². The smallest absolute Gasteiger partial charge is 0.296 e. The molecular weight excluding hydrogens is 365 g/mol. The Morgan fingerprint density at radius 3 is 2.86 bits per heavy atom. The van der Waals surface area contributed by atoms with Crippen LogP contribution in [-0.4, -0.2) is 40.7 Å². The van der Waals surface area contributed by atoms with Gasteiger partial charge in [0.25, 0.3) is 5.56 Å². The minimum absolute atomic E-state index is 0.0464. The molecule has 7 nitrogen and oxygen atoms in total. The zero-order valence-electron chi connectivity index (χ0n) is 16.2. The van der Waals surface area contributed by atoms with Crippen LogP contribution >= 0.6 is 0 Å². The lowest BCUT2D eigenvalue weighted by Crippen LogP contribution is -2.33. The largest absolute Gasteiger partial charge is 0.501 e. The van der Waals surface area contributed by atoms with Gasteiger partial charge in [-0.2, -0.15) is 0 Å². The van der Waals surface area contributed by atoms with Crippen molar-refractivity contribution in [2.24, 2.45) is 0 Å². The highest BCUT2D eigenvalue weighted by atomic mass is 19.1. The van der Waals surface area contributed by atoms with Crippen LogP contribution < -0.4 is 10.9 Å². The molecule has 0 radical (unpaired) electrons. The number of aromatic nitrogens is 2. The molecule has 0 unspecified atom stereocenters. The molecule has 0 aliphatic carbocycles. The SMILES string of the molecule is CN[C@@H]1COC[C@H](C)n2c1nc(C(=O)CCc1ccc(F)c(C)c1)c(O)c2=O. The fourth-order valence-corrected chi connectivity index (χ4v) is 3.36. The molecule has 2 N–H and O–H groups in total. The Balaban J connectivity index is 1.92. The number of aryl methyl sites for hydroxylation is 2. The first-order valence-electron chi connectivity index (χ1n) is 9.22. The van der Waals surface area contributed by atoms with Gasteiger partial charge in [0.1, 0.15) is 11.6 Å². The van der Waals surface area contributed by atoms with E-state index in [0.717, 1.165) is 5.56 Å². The molecule has 1 aromatic carbocycles. The molecule has 8 heteroatoms. The van der Waals surface area contributed by atoms with Crippen LogP contribution in [0.2, 0.25) is 0 Å². The van der Waals surface area contributed by atoms with Crippen LogP contribution in [-0.2, 0) is 11.2 Å². The van der Waals surface area contributed by atoms with Crippen molar-refractivity contribution in [2.45, 2.75) is 38.8 Å². The maximum absolute atomic E-state index is 13.4. The predicted molar refractivity (Wildman–Crippen MR) is 101 cm³/mol. The molecule has 0 bridgehead atoms. The number of halogens is 1. The Morgan fingerprint density at radius 1 is 1.43 bits per heavy atom. The summed E-state index contributed by atoms with van der Waals surface area (Å²) in [4.78, 5) is 29.8. The zero-order valence-corrected chi connectivity index (χ0v) is 16.2. The molecule has 150 valence electrons. The van der Waals surface area contributed by atoms with Crippen LogP contribution in [0.3, 0.4) is 0 Å². The monoisotopic (exact) mass is 389 g/mol. The Labute approximate surface area is 162 Å². The van der Waals surface area contributed by atoms with Crippen LogP contribution in [0.15, 0.2) is 23.0 Å². The molecule has 1 aromatic heterocycles. The second-order valence-corrected chi connectivity index (χ2v) is 7.08. The van der Waals surface area contributed by atoms with Crippen molar-refractivity contribution >= 4 is 5.78 Å². The average molecular weight is 389 g/mol. The quantitative estimate of drug-likeness (QED) is 0.761. The number of hydrogen-bond acceptors (Lipinski definition) is 6. The highest BCUT2D eigenvalue weighted by Crippen LogP contribution is 2.23. The standard InChI is InChI=1S/C20H24FN3O4/c1-11-8-13(4-6-14(11)21)5-7-16(25)17-18(26)20(27)24-12(2)9-28-10-15(22-3)19(24)23-17/h4,6,8,12,15,22,26H,5,7,9-10H2,1-3H3/t12-,15+/m0/s1. The number of hydrogen-bond donors (Lipinski definition) is 2. The third kappa shape index (κ3) is 3.83. The molecule has 0 spiro atoms. The van der Waals surface area contributed by atoms with Gasteiger partial charge in [-0.05, 0) is 44.5 Å². The summed E-state index contributed by atoms with van der Waals surface area (Å²) in [5, 5.41) is 13.4. The molecule has 0 fully saturated rings. The van der Waals surface area contributed by atoms with E-state index in [0.29, 0.717) is 31.0 Å². The molecule has 2 heterocycles. The van der Waals surface area contributed by atoms with E-state index in [2.05, 4.69) is 10.3 Å². The van der Waals surface area contributed by atoms with Crippen molar-refractivity contribution in [2.75, 3.05) is 20.3 Å². The summed E-state index contributed by atoms with van der Waals surface area (Å²) < 4.78 is 20.3. The maximum atomic E-state index is 13.4. The number of Topliss-reactive ketones (excluding diaryl/α,β-unsaturated/α-hetero) is 1. The highest BCUT2D eigenvalue weighted by molar-refractivity contribution is 5.96. The number of nitrogens with zero attached hydrogens (tertiary/aromatic N) is 2. The van der Waals surface area contributed by atoms with Gasteiger partial charge < -0.3 is 15.2 Å². The summed E-state index contributed by atoms with van der Waals surface area (Å²) in [7, 11) is 1.71. The van der Waals surface area contributed by atoms with E-state index in [1.807, 2.05) is 0 Å². The average Bonchev–Trinajstić information content (AvgIpc) is 2.83. The number of rotatable bonds is 5. The fourth-order valence-electron chi connectivity index (χ4n) is 3.36. The number of aromatic hydroxyl groups is 1. The van der Waals surface area contributed by atoms with Crippen molar-refractivity contribution in [3.8, 4) is 5.75 Å². The summed E-state index contributed by atoms with van der Waals surface area (Å²) >= 11 is 0. The Hall–Kier alpha value is -2.58. The second kappa shape index (κ2) is 8.20. The molecular formula is C20H24FN3O4. The van der Waals surface area contributed by atoms with Crippen molar-refractivity contribution < 1.29 is 19.0 Å². The lowest BCUT2D eigenvalue weighted by molar-refractivity contribution is 0.0973. The minimum Gasteiger partial charge on any atom is -0.501 e. The Bertz CT molecular complexity index is 957. The fraction of sp³-hybridized carbons (Fsp3) is 0.450. The predicted octanol–water partition coefficient (Wildman–Crippen LogP) is 2.06. The van der Waals surface area contributed by atoms with Gasteiger partial charge in [0.05, 0.1) is 25.3 Å².